The first-order chi connectivity index (χ1) is 9.63. The summed E-state index contributed by atoms with van der Waals surface area (Å²) in [5.74, 6) is -1.18. The van der Waals surface area contributed by atoms with E-state index in [1.165, 1.54) is 0 Å². The van der Waals surface area contributed by atoms with Crippen molar-refractivity contribution in [1.29, 1.82) is 0 Å². The molecule has 6 heteroatoms. The smallest absolute Gasteiger partial charge is 0.326 e. The molecule has 1 amide bonds. The molecule has 2 aromatic rings. The highest BCUT2D eigenvalue weighted by molar-refractivity contribution is 5.85. The molecule has 1 saturated carbocycles. The van der Waals surface area contributed by atoms with Crippen LogP contribution in [0.2, 0.25) is 0 Å². The van der Waals surface area contributed by atoms with E-state index in [1.54, 1.807) is 6.20 Å². The van der Waals surface area contributed by atoms with Gasteiger partial charge in [0, 0.05) is 12.4 Å². The second-order valence-corrected chi connectivity index (χ2v) is 5.10. The molecule has 0 aliphatic heterocycles. The monoisotopic (exact) mass is 273 g/mol. The summed E-state index contributed by atoms with van der Waals surface area (Å²) in [6.07, 6.45) is 5.46. The number of nitrogens with one attached hydrogen (secondary N) is 1. The third-order valence-corrected chi connectivity index (χ3v) is 3.43. The normalized spacial score (nSPS) is 16.0. The maximum absolute atomic E-state index is 11.9. The van der Waals surface area contributed by atoms with Gasteiger partial charge < -0.3 is 14.8 Å². The summed E-state index contributed by atoms with van der Waals surface area (Å²) in [7, 11) is 0. The molecular formula is C14H15N3O3. The van der Waals surface area contributed by atoms with E-state index >= 15 is 0 Å². The van der Waals surface area contributed by atoms with Crippen molar-refractivity contribution in [1.82, 2.24) is 14.7 Å². The Bertz CT molecular complexity index is 627. The number of hydrogen-bond donors (Lipinski definition) is 2. The molecule has 20 heavy (non-hydrogen) atoms. The van der Waals surface area contributed by atoms with Crippen LogP contribution in [-0.2, 0) is 16.0 Å². The number of carboxylic acids is 1. The zero-order valence-electron chi connectivity index (χ0n) is 10.8. The van der Waals surface area contributed by atoms with E-state index < -0.39 is 12.0 Å². The first-order valence-electron chi connectivity index (χ1n) is 6.58. The third-order valence-electron chi connectivity index (χ3n) is 3.43. The molecule has 1 atom stereocenters. The van der Waals surface area contributed by atoms with Gasteiger partial charge in [0.25, 0.3) is 0 Å². The lowest BCUT2D eigenvalue weighted by molar-refractivity contribution is -0.142. The highest BCUT2D eigenvalue weighted by atomic mass is 16.4. The minimum absolute atomic E-state index is 0.0810. The van der Waals surface area contributed by atoms with Crippen molar-refractivity contribution >= 4 is 17.5 Å². The number of carboxylic acid groups (broad SMARTS) is 1. The summed E-state index contributed by atoms with van der Waals surface area (Å²) in [6, 6.07) is 4.84. The van der Waals surface area contributed by atoms with E-state index in [2.05, 4.69) is 10.3 Å². The first-order valence-corrected chi connectivity index (χ1v) is 6.58. The van der Waals surface area contributed by atoms with Gasteiger partial charge in [-0.2, -0.15) is 0 Å². The van der Waals surface area contributed by atoms with Crippen molar-refractivity contribution in [3.63, 3.8) is 0 Å². The second kappa shape index (κ2) is 4.96. The standard InChI is InChI=1S/C14H15N3O3/c18-12(16-13(14(19)20)9-4-5-9)7-10-8-17-6-2-1-3-11(17)15-10/h1-3,6,8-9,13H,4-5,7H2,(H,16,18)(H,19,20). The van der Waals surface area contributed by atoms with Gasteiger partial charge in [0.1, 0.15) is 11.7 Å². The minimum atomic E-state index is -0.962. The quantitative estimate of drug-likeness (QED) is 0.846. The van der Waals surface area contributed by atoms with E-state index in [1.807, 2.05) is 28.8 Å². The Kier molecular flexibility index (Phi) is 3.14. The van der Waals surface area contributed by atoms with Crippen LogP contribution in [0.15, 0.2) is 30.6 Å². The molecule has 1 fully saturated rings. The van der Waals surface area contributed by atoms with Crippen LogP contribution < -0.4 is 5.32 Å². The topological polar surface area (TPSA) is 83.7 Å². The number of amides is 1. The van der Waals surface area contributed by atoms with Crippen LogP contribution in [0.4, 0.5) is 0 Å². The molecule has 0 saturated heterocycles. The van der Waals surface area contributed by atoms with Crippen molar-refractivity contribution in [3.8, 4) is 0 Å². The Labute approximate surface area is 115 Å². The molecular weight excluding hydrogens is 258 g/mol. The maximum Gasteiger partial charge on any atom is 0.326 e. The van der Waals surface area contributed by atoms with E-state index in [4.69, 9.17) is 5.11 Å². The molecule has 2 aromatic heterocycles. The molecule has 0 spiro atoms. The third kappa shape index (κ3) is 2.64. The number of rotatable bonds is 5. The number of aliphatic carboxylic acids is 1. The lowest BCUT2D eigenvalue weighted by Crippen LogP contribution is -2.43. The molecule has 0 aromatic carbocycles. The molecule has 0 bridgehead atoms. The molecule has 0 radical (unpaired) electrons. The molecule has 2 N–H and O–H groups in total. The van der Waals surface area contributed by atoms with Crippen LogP contribution >= 0.6 is 0 Å². The predicted octanol–water partition coefficient (Wildman–Crippen LogP) is 0.856. The Morgan fingerprint density at radius 3 is 2.90 bits per heavy atom. The molecule has 104 valence electrons. The van der Waals surface area contributed by atoms with Crippen LogP contribution in [0.5, 0.6) is 0 Å². The van der Waals surface area contributed by atoms with Gasteiger partial charge in [-0.25, -0.2) is 9.78 Å². The van der Waals surface area contributed by atoms with E-state index in [0.717, 1.165) is 18.5 Å². The average Bonchev–Trinajstić information content (AvgIpc) is 3.15. The van der Waals surface area contributed by atoms with Gasteiger partial charge >= 0.3 is 5.97 Å². The van der Waals surface area contributed by atoms with Gasteiger partial charge in [0.05, 0.1) is 12.1 Å². The SMILES string of the molecule is O=C(Cc1cn2ccccc2n1)NC(C(=O)O)C1CC1. The van der Waals surface area contributed by atoms with Crippen molar-refractivity contribution in [2.75, 3.05) is 0 Å². The van der Waals surface area contributed by atoms with Crippen LogP contribution in [0, 0.1) is 5.92 Å². The number of imidazole rings is 1. The summed E-state index contributed by atoms with van der Waals surface area (Å²) in [6.45, 7) is 0. The summed E-state index contributed by atoms with van der Waals surface area (Å²) in [4.78, 5) is 27.3. The summed E-state index contributed by atoms with van der Waals surface area (Å²) < 4.78 is 1.83. The highest BCUT2D eigenvalue weighted by Gasteiger charge is 2.37. The number of pyridine rings is 1. The zero-order chi connectivity index (χ0) is 14.1. The van der Waals surface area contributed by atoms with Gasteiger partial charge in [0.2, 0.25) is 5.91 Å². The van der Waals surface area contributed by atoms with Gasteiger partial charge in [-0.1, -0.05) is 6.07 Å². The van der Waals surface area contributed by atoms with Gasteiger partial charge in [-0.15, -0.1) is 0 Å². The fourth-order valence-corrected chi connectivity index (χ4v) is 2.27. The number of carbonyl (C=O) groups excluding carboxylic acids is 1. The molecule has 1 aliphatic carbocycles. The molecule has 2 heterocycles. The Hall–Kier alpha value is -2.37. The predicted molar refractivity (Wildman–Crippen MR) is 71.2 cm³/mol. The molecule has 3 rings (SSSR count). The van der Waals surface area contributed by atoms with Gasteiger partial charge in [0.15, 0.2) is 0 Å². The number of nitrogens with zero attached hydrogens (tertiary/aromatic N) is 2. The number of fused-ring (bicyclic) bond motifs is 1. The summed E-state index contributed by atoms with van der Waals surface area (Å²) in [5, 5.41) is 11.7. The Balaban J connectivity index is 1.67. The average molecular weight is 273 g/mol. The number of hydrogen-bond acceptors (Lipinski definition) is 3. The fourth-order valence-electron chi connectivity index (χ4n) is 2.27. The largest absolute Gasteiger partial charge is 0.480 e. The maximum atomic E-state index is 11.9. The summed E-state index contributed by atoms with van der Waals surface area (Å²) in [5.41, 5.74) is 1.40. The van der Waals surface area contributed by atoms with Crippen molar-refractivity contribution in [2.45, 2.75) is 25.3 Å². The Morgan fingerprint density at radius 2 is 2.25 bits per heavy atom. The van der Waals surface area contributed by atoms with Crippen LogP contribution in [-0.4, -0.2) is 32.4 Å². The van der Waals surface area contributed by atoms with Crippen LogP contribution in [0.25, 0.3) is 5.65 Å². The lowest BCUT2D eigenvalue weighted by atomic mass is 10.2. The van der Waals surface area contributed by atoms with Crippen molar-refractivity contribution in [2.24, 2.45) is 5.92 Å². The van der Waals surface area contributed by atoms with Crippen LogP contribution in [0.1, 0.15) is 18.5 Å². The molecule has 1 unspecified atom stereocenters. The van der Waals surface area contributed by atoms with E-state index in [0.29, 0.717) is 5.69 Å². The molecule has 1 aliphatic rings. The van der Waals surface area contributed by atoms with E-state index in [-0.39, 0.29) is 18.2 Å². The zero-order valence-corrected chi connectivity index (χ0v) is 10.8. The van der Waals surface area contributed by atoms with Gasteiger partial charge in [-0.05, 0) is 30.9 Å². The van der Waals surface area contributed by atoms with E-state index in [9.17, 15) is 9.59 Å². The number of aromatic nitrogens is 2. The minimum Gasteiger partial charge on any atom is -0.480 e. The second-order valence-electron chi connectivity index (χ2n) is 5.10. The van der Waals surface area contributed by atoms with Gasteiger partial charge in [-0.3, -0.25) is 4.79 Å². The number of carbonyl (C=O) groups is 2. The van der Waals surface area contributed by atoms with Crippen LogP contribution in [0.3, 0.4) is 0 Å². The van der Waals surface area contributed by atoms with Crippen molar-refractivity contribution < 1.29 is 14.7 Å². The molecule has 6 nitrogen and oxygen atoms in total. The lowest BCUT2D eigenvalue weighted by Gasteiger charge is -2.12. The first kappa shape index (κ1) is 12.7. The summed E-state index contributed by atoms with van der Waals surface area (Å²) >= 11 is 0. The Morgan fingerprint density at radius 1 is 1.45 bits per heavy atom. The highest BCUT2D eigenvalue weighted by Crippen LogP contribution is 2.32. The fraction of sp³-hybridized carbons (Fsp3) is 0.357. The van der Waals surface area contributed by atoms with Crippen molar-refractivity contribution in [3.05, 3.63) is 36.3 Å².